The smallest absolute Gasteiger partial charge is 0.480 e. The number of carbonyl (C=O) groups excluding carboxylic acids is 1. The van der Waals surface area contributed by atoms with Gasteiger partial charge in [-0.25, -0.2) is 4.98 Å². The number of hydrogen-bond acceptors (Lipinski definition) is 5. The van der Waals surface area contributed by atoms with Crippen LogP contribution in [0.1, 0.15) is 35.2 Å². The van der Waals surface area contributed by atoms with Crippen LogP contribution in [0.4, 0.5) is 0 Å². The fourth-order valence-electron chi connectivity index (χ4n) is 2.38. The van der Waals surface area contributed by atoms with Crippen LogP contribution in [0.25, 0.3) is 0 Å². The van der Waals surface area contributed by atoms with Crippen molar-refractivity contribution in [3.63, 3.8) is 0 Å². The molecular weight excluding hydrogens is 307 g/mol. The van der Waals surface area contributed by atoms with Crippen LogP contribution in [-0.2, 0) is 0 Å². The number of amides is 1. The second-order valence-corrected chi connectivity index (χ2v) is 5.56. The topological polar surface area (TPSA) is 91.7 Å². The molecule has 1 unspecified atom stereocenters. The van der Waals surface area contributed by atoms with Gasteiger partial charge in [-0.05, 0) is 24.0 Å². The van der Waals surface area contributed by atoms with E-state index in [1.165, 1.54) is 24.9 Å². The molecule has 1 amide bonds. The predicted octanol–water partition coefficient (Wildman–Crippen LogP) is 0.694. The summed E-state index contributed by atoms with van der Waals surface area (Å²) in [5.41, 5.74) is 1.53. The second kappa shape index (κ2) is 8.47. The Bertz CT molecular complexity index is 680. The van der Waals surface area contributed by atoms with Crippen LogP contribution in [0.5, 0.6) is 5.88 Å². The molecule has 1 aromatic heterocycles. The Morgan fingerprint density at radius 1 is 1.33 bits per heavy atom. The molecule has 0 aliphatic heterocycles. The van der Waals surface area contributed by atoms with Crippen LogP contribution in [0.3, 0.4) is 0 Å². The van der Waals surface area contributed by atoms with Gasteiger partial charge in [0.25, 0.3) is 5.91 Å². The molecule has 1 atom stereocenters. The van der Waals surface area contributed by atoms with E-state index in [-0.39, 0.29) is 22.8 Å². The van der Waals surface area contributed by atoms with E-state index in [4.69, 9.17) is 4.74 Å². The highest BCUT2D eigenvalue weighted by Gasteiger charge is 2.19. The van der Waals surface area contributed by atoms with E-state index in [2.05, 4.69) is 29.4 Å². The number of hydrogen-bond donors (Lipinski definition) is 3. The van der Waals surface area contributed by atoms with Crippen molar-refractivity contribution in [3.05, 3.63) is 53.7 Å². The zero-order valence-electron chi connectivity index (χ0n) is 13.8. The summed E-state index contributed by atoms with van der Waals surface area (Å²) < 4.78 is 5.06. The van der Waals surface area contributed by atoms with Gasteiger partial charge in [0.2, 0.25) is 5.88 Å². The van der Waals surface area contributed by atoms with Crippen LogP contribution < -0.4 is 15.5 Å². The van der Waals surface area contributed by atoms with Gasteiger partial charge < -0.3 is 20.1 Å². The van der Waals surface area contributed by atoms with E-state index >= 15 is 0 Å². The number of benzene rings is 1. The number of nitrogens with zero attached hydrogens (tertiary/aromatic N) is 1. The summed E-state index contributed by atoms with van der Waals surface area (Å²) in [7, 11) is -0.279. The Balaban J connectivity index is 1.98. The molecule has 2 rings (SSSR count). The van der Waals surface area contributed by atoms with Crippen LogP contribution in [0.2, 0.25) is 0 Å². The van der Waals surface area contributed by atoms with Gasteiger partial charge in [0, 0.05) is 18.2 Å². The zero-order chi connectivity index (χ0) is 17.5. The first-order valence-corrected chi connectivity index (χ1v) is 7.76. The van der Waals surface area contributed by atoms with E-state index in [1.807, 2.05) is 18.2 Å². The third kappa shape index (κ3) is 4.56. The molecule has 0 spiro atoms. The largest absolute Gasteiger partial charge is 0.490 e. The van der Waals surface area contributed by atoms with E-state index in [0.29, 0.717) is 12.5 Å². The van der Waals surface area contributed by atoms with Crippen LogP contribution in [0.15, 0.2) is 42.6 Å². The Morgan fingerprint density at radius 3 is 2.67 bits per heavy atom. The number of pyridine rings is 1. The molecule has 126 valence electrons. The highest BCUT2D eigenvalue weighted by Crippen LogP contribution is 2.18. The number of ether oxygens (including phenoxy) is 1. The first kappa shape index (κ1) is 18.0. The first-order chi connectivity index (χ1) is 11.5. The normalized spacial score (nSPS) is 11.7. The maximum absolute atomic E-state index is 12.3. The summed E-state index contributed by atoms with van der Waals surface area (Å²) in [5, 5.41) is 21.2. The van der Waals surface area contributed by atoms with Gasteiger partial charge in [-0.15, -0.1) is 0 Å². The van der Waals surface area contributed by atoms with Crippen molar-refractivity contribution < 1.29 is 19.6 Å². The Morgan fingerprint density at radius 2 is 2.04 bits per heavy atom. The van der Waals surface area contributed by atoms with E-state index < -0.39 is 7.12 Å². The van der Waals surface area contributed by atoms with Gasteiger partial charge in [0.15, 0.2) is 0 Å². The predicted molar refractivity (Wildman–Crippen MR) is 92.4 cm³/mol. The summed E-state index contributed by atoms with van der Waals surface area (Å²) in [6.45, 7) is 2.59. The Labute approximate surface area is 141 Å². The molecule has 6 nitrogen and oxygen atoms in total. The van der Waals surface area contributed by atoms with Crippen LogP contribution >= 0.6 is 0 Å². The number of rotatable bonds is 7. The minimum absolute atomic E-state index is 0.138. The summed E-state index contributed by atoms with van der Waals surface area (Å²) >= 11 is 0. The molecule has 2 aromatic rings. The number of aromatic nitrogens is 1. The van der Waals surface area contributed by atoms with Crippen molar-refractivity contribution >= 4 is 18.5 Å². The van der Waals surface area contributed by atoms with Crippen molar-refractivity contribution in [3.8, 4) is 5.88 Å². The van der Waals surface area contributed by atoms with Crippen LogP contribution in [0, 0.1) is 0 Å². The standard InChI is InChI=1S/C17H21BN2O4/c1-12(13-6-4-3-5-7-13)8-9-19-16(21)15-10-14(18(22)23)11-20-17(15)24-2/h3-7,10-12,22-23H,8-9H2,1-2H3,(H,19,21). The average Bonchev–Trinajstić information content (AvgIpc) is 2.61. The van der Waals surface area contributed by atoms with Crippen LogP contribution in [-0.4, -0.2) is 41.7 Å². The van der Waals surface area contributed by atoms with Crippen molar-refractivity contribution in [2.24, 2.45) is 0 Å². The summed E-state index contributed by atoms with van der Waals surface area (Å²) in [4.78, 5) is 16.3. The van der Waals surface area contributed by atoms with Gasteiger partial charge in [0.1, 0.15) is 5.56 Å². The van der Waals surface area contributed by atoms with Gasteiger partial charge in [0.05, 0.1) is 7.11 Å². The highest BCUT2D eigenvalue weighted by atomic mass is 16.5. The maximum atomic E-state index is 12.3. The third-order valence-corrected chi connectivity index (χ3v) is 3.84. The quantitative estimate of drug-likeness (QED) is 0.651. The zero-order valence-corrected chi connectivity index (χ0v) is 13.8. The average molecular weight is 328 g/mol. The number of methoxy groups -OCH3 is 1. The SMILES string of the molecule is COc1ncc(B(O)O)cc1C(=O)NCCC(C)c1ccccc1. The van der Waals surface area contributed by atoms with Gasteiger partial charge in [-0.1, -0.05) is 37.3 Å². The molecule has 0 aliphatic rings. The first-order valence-electron chi connectivity index (χ1n) is 7.76. The van der Waals surface area contributed by atoms with Gasteiger partial charge in [-0.3, -0.25) is 4.79 Å². The fraction of sp³-hybridized carbons (Fsp3) is 0.294. The molecule has 1 aromatic carbocycles. The lowest BCUT2D eigenvalue weighted by Crippen LogP contribution is -2.33. The molecule has 1 heterocycles. The fourth-order valence-corrected chi connectivity index (χ4v) is 2.38. The second-order valence-electron chi connectivity index (χ2n) is 5.56. The molecule has 0 bridgehead atoms. The maximum Gasteiger partial charge on any atom is 0.490 e. The van der Waals surface area contributed by atoms with E-state index in [9.17, 15) is 14.8 Å². The molecule has 0 fully saturated rings. The lowest BCUT2D eigenvalue weighted by Gasteiger charge is -2.13. The summed E-state index contributed by atoms with van der Waals surface area (Å²) in [6, 6.07) is 11.4. The molecule has 7 heteroatoms. The molecule has 0 saturated heterocycles. The van der Waals surface area contributed by atoms with E-state index in [0.717, 1.165) is 6.42 Å². The molecule has 3 N–H and O–H groups in total. The summed E-state index contributed by atoms with van der Waals surface area (Å²) in [6.07, 6.45) is 2.05. The van der Waals surface area contributed by atoms with E-state index in [1.54, 1.807) is 0 Å². The Hall–Kier alpha value is -2.38. The van der Waals surface area contributed by atoms with Gasteiger partial charge >= 0.3 is 7.12 Å². The minimum Gasteiger partial charge on any atom is -0.480 e. The highest BCUT2D eigenvalue weighted by molar-refractivity contribution is 6.58. The number of nitrogens with one attached hydrogen (secondary N) is 1. The molecule has 0 aliphatic carbocycles. The van der Waals surface area contributed by atoms with Crippen molar-refractivity contribution in [2.75, 3.05) is 13.7 Å². The molecular formula is C17H21BN2O4. The lowest BCUT2D eigenvalue weighted by molar-refractivity contribution is 0.0949. The van der Waals surface area contributed by atoms with Crippen molar-refractivity contribution in [1.29, 1.82) is 0 Å². The van der Waals surface area contributed by atoms with Crippen molar-refractivity contribution in [1.82, 2.24) is 10.3 Å². The third-order valence-electron chi connectivity index (χ3n) is 3.84. The van der Waals surface area contributed by atoms with Gasteiger partial charge in [-0.2, -0.15) is 0 Å². The Kier molecular flexibility index (Phi) is 6.34. The monoisotopic (exact) mass is 328 g/mol. The summed E-state index contributed by atoms with van der Waals surface area (Å²) in [5.74, 6) is 0.104. The van der Waals surface area contributed by atoms with Crippen molar-refractivity contribution in [2.45, 2.75) is 19.3 Å². The molecule has 0 radical (unpaired) electrons. The number of carbonyl (C=O) groups is 1. The molecule has 24 heavy (non-hydrogen) atoms. The minimum atomic E-state index is -1.69. The lowest BCUT2D eigenvalue weighted by atomic mass is 9.81. The molecule has 0 saturated carbocycles.